The molecule has 126 valence electrons. The summed E-state index contributed by atoms with van der Waals surface area (Å²) in [6.45, 7) is 4.03. The van der Waals surface area contributed by atoms with E-state index >= 15 is 0 Å². The van der Waals surface area contributed by atoms with Crippen molar-refractivity contribution in [3.8, 4) is 0 Å². The number of likely N-dealkylation sites (tertiary alicyclic amines) is 2. The molecule has 0 radical (unpaired) electrons. The van der Waals surface area contributed by atoms with E-state index in [9.17, 15) is 9.90 Å². The van der Waals surface area contributed by atoms with Crippen LogP contribution in [0, 0.1) is 11.8 Å². The summed E-state index contributed by atoms with van der Waals surface area (Å²) < 4.78 is 0. The Labute approximate surface area is 136 Å². The van der Waals surface area contributed by atoms with Gasteiger partial charge >= 0.3 is 0 Å². The van der Waals surface area contributed by atoms with E-state index in [1.807, 2.05) is 11.1 Å². The number of nitrogens with one attached hydrogen (secondary N) is 1. The fraction of sp³-hybridized carbons (Fsp3) is 0.765. The lowest BCUT2D eigenvalue weighted by Gasteiger charge is -2.51. The topological polar surface area (TPSA) is 72.5 Å². The predicted octanol–water partition coefficient (Wildman–Crippen LogP) is 0.995. The van der Waals surface area contributed by atoms with Crippen molar-refractivity contribution in [3.63, 3.8) is 0 Å². The zero-order valence-corrected chi connectivity index (χ0v) is 13.6. The first-order valence-corrected chi connectivity index (χ1v) is 8.85. The molecule has 3 aliphatic rings. The number of carbonyl (C=O) groups is 1. The van der Waals surface area contributed by atoms with Crippen LogP contribution in [0.1, 0.15) is 37.8 Å². The highest BCUT2D eigenvalue weighted by Gasteiger charge is 2.46. The van der Waals surface area contributed by atoms with Gasteiger partial charge in [-0.15, -0.1) is 0 Å². The summed E-state index contributed by atoms with van der Waals surface area (Å²) in [5.41, 5.74) is 0.523. The highest BCUT2D eigenvalue weighted by molar-refractivity contribution is 5.79. The molecule has 0 bridgehead atoms. The van der Waals surface area contributed by atoms with Gasteiger partial charge in [-0.05, 0) is 25.7 Å². The lowest BCUT2D eigenvalue weighted by atomic mass is 9.75. The molecule has 4 rings (SSSR count). The average molecular weight is 318 g/mol. The first-order chi connectivity index (χ1) is 11.1. The molecule has 2 saturated heterocycles. The molecule has 1 amide bonds. The lowest BCUT2D eigenvalue weighted by molar-refractivity contribution is -0.153. The van der Waals surface area contributed by atoms with Gasteiger partial charge in [-0.3, -0.25) is 9.69 Å². The fourth-order valence-corrected chi connectivity index (χ4v) is 4.24. The maximum atomic E-state index is 12.5. The number of aliphatic hydroxyl groups is 1. The Hall–Kier alpha value is -1.40. The average Bonchev–Trinajstić information content (AvgIpc) is 2.98. The fourth-order valence-electron chi connectivity index (χ4n) is 4.24. The molecule has 0 spiro atoms. The largest absolute Gasteiger partial charge is 0.389 e. The molecule has 3 heterocycles. The van der Waals surface area contributed by atoms with Gasteiger partial charge in [-0.25, -0.2) is 4.98 Å². The second-order valence-corrected chi connectivity index (χ2v) is 7.52. The summed E-state index contributed by atoms with van der Waals surface area (Å²) >= 11 is 0. The Kier molecular flexibility index (Phi) is 3.89. The molecule has 6 heteroatoms. The van der Waals surface area contributed by atoms with Crippen LogP contribution in [0.5, 0.6) is 0 Å². The molecule has 1 aromatic heterocycles. The van der Waals surface area contributed by atoms with Crippen molar-refractivity contribution < 1.29 is 9.90 Å². The van der Waals surface area contributed by atoms with Crippen LogP contribution in [0.4, 0.5) is 0 Å². The van der Waals surface area contributed by atoms with Crippen LogP contribution in [-0.2, 0) is 11.3 Å². The minimum atomic E-state index is -0.582. The van der Waals surface area contributed by atoms with E-state index in [1.54, 1.807) is 6.33 Å². The highest BCUT2D eigenvalue weighted by Crippen LogP contribution is 2.37. The SMILES string of the molecule is O=C(C1CCC1)N1CCC2(O)CCN(Cc3cnc[nH]3)CC2C1. The van der Waals surface area contributed by atoms with Gasteiger partial charge in [-0.1, -0.05) is 6.42 Å². The van der Waals surface area contributed by atoms with Crippen molar-refractivity contribution in [3.05, 3.63) is 18.2 Å². The Bertz CT molecular complexity index is 557. The number of fused-ring (bicyclic) bond motifs is 1. The van der Waals surface area contributed by atoms with Gasteiger partial charge in [0.1, 0.15) is 0 Å². The van der Waals surface area contributed by atoms with Crippen LogP contribution >= 0.6 is 0 Å². The van der Waals surface area contributed by atoms with Crippen molar-refractivity contribution in [2.24, 2.45) is 11.8 Å². The molecule has 1 saturated carbocycles. The third-order valence-electron chi connectivity index (χ3n) is 6.07. The maximum Gasteiger partial charge on any atom is 0.225 e. The third-order valence-corrected chi connectivity index (χ3v) is 6.07. The Morgan fingerprint density at radius 2 is 2.17 bits per heavy atom. The zero-order valence-electron chi connectivity index (χ0n) is 13.6. The molecule has 1 aliphatic carbocycles. The molecule has 0 aromatic carbocycles. The normalized spacial score (nSPS) is 32.4. The summed E-state index contributed by atoms with van der Waals surface area (Å²) in [7, 11) is 0. The van der Waals surface area contributed by atoms with Gasteiger partial charge < -0.3 is 15.0 Å². The van der Waals surface area contributed by atoms with Gasteiger partial charge in [-0.2, -0.15) is 0 Å². The van der Waals surface area contributed by atoms with E-state index < -0.39 is 5.60 Å². The molecule has 1 aromatic rings. The second-order valence-electron chi connectivity index (χ2n) is 7.52. The van der Waals surface area contributed by atoms with Gasteiger partial charge in [0.15, 0.2) is 0 Å². The van der Waals surface area contributed by atoms with Crippen molar-refractivity contribution in [1.29, 1.82) is 0 Å². The third kappa shape index (κ3) is 2.90. The number of nitrogens with zero attached hydrogens (tertiary/aromatic N) is 3. The number of H-pyrrole nitrogens is 1. The predicted molar refractivity (Wildman–Crippen MR) is 85.5 cm³/mol. The summed E-state index contributed by atoms with van der Waals surface area (Å²) in [6, 6.07) is 0. The number of amides is 1. The first-order valence-electron chi connectivity index (χ1n) is 8.85. The number of piperidine rings is 2. The van der Waals surface area contributed by atoms with Crippen molar-refractivity contribution in [2.45, 2.75) is 44.2 Å². The highest BCUT2D eigenvalue weighted by atomic mass is 16.3. The molecule has 3 fully saturated rings. The van der Waals surface area contributed by atoms with Gasteiger partial charge in [0.2, 0.25) is 5.91 Å². The number of rotatable bonds is 3. The Morgan fingerprint density at radius 1 is 1.35 bits per heavy atom. The van der Waals surface area contributed by atoms with Gasteiger partial charge in [0.25, 0.3) is 0 Å². The van der Waals surface area contributed by atoms with Gasteiger partial charge in [0, 0.05) is 56.5 Å². The minimum Gasteiger partial charge on any atom is -0.389 e. The molecule has 2 N–H and O–H groups in total. The molecule has 23 heavy (non-hydrogen) atoms. The van der Waals surface area contributed by atoms with E-state index in [0.717, 1.165) is 57.6 Å². The van der Waals surface area contributed by atoms with E-state index in [4.69, 9.17) is 0 Å². The van der Waals surface area contributed by atoms with Crippen LogP contribution in [-0.4, -0.2) is 62.6 Å². The monoisotopic (exact) mass is 318 g/mol. The number of hydrogen-bond acceptors (Lipinski definition) is 4. The number of imidazole rings is 1. The van der Waals surface area contributed by atoms with Crippen molar-refractivity contribution in [1.82, 2.24) is 19.8 Å². The van der Waals surface area contributed by atoms with Crippen LogP contribution in [0.25, 0.3) is 0 Å². The van der Waals surface area contributed by atoms with Crippen LogP contribution in [0.3, 0.4) is 0 Å². The van der Waals surface area contributed by atoms with Crippen LogP contribution < -0.4 is 0 Å². The van der Waals surface area contributed by atoms with Crippen LogP contribution in [0.15, 0.2) is 12.5 Å². The van der Waals surface area contributed by atoms with Crippen LogP contribution in [0.2, 0.25) is 0 Å². The lowest BCUT2D eigenvalue weighted by Crippen LogP contribution is -2.61. The molecule has 6 nitrogen and oxygen atoms in total. The van der Waals surface area contributed by atoms with Crippen molar-refractivity contribution in [2.75, 3.05) is 26.2 Å². The molecular formula is C17H26N4O2. The quantitative estimate of drug-likeness (QED) is 0.872. The summed E-state index contributed by atoms with van der Waals surface area (Å²) in [4.78, 5) is 24.1. The maximum absolute atomic E-state index is 12.5. The molecular weight excluding hydrogens is 292 g/mol. The zero-order chi connectivity index (χ0) is 15.9. The van der Waals surface area contributed by atoms with E-state index in [-0.39, 0.29) is 11.8 Å². The second kappa shape index (κ2) is 5.91. The smallest absolute Gasteiger partial charge is 0.225 e. The van der Waals surface area contributed by atoms with Crippen molar-refractivity contribution >= 4 is 5.91 Å². The standard InChI is InChI=1S/C17H26N4O2/c22-16(13-2-1-3-13)21-7-5-17(23)4-6-20(9-14(17)10-21)11-15-8-18-12-19-15/h8,12-14,23H,1-7,9-11H2,(H,18,19). The summed E-state index contributed by atoms with van der Waals surface area (Å²) in [5, 5.41) is 11.0. The Balaban J connectivity index is 1.40. The number of aromatic nitrogens is 2. The number of aromatic amines is 1. The van der Waals surface area contributed by atoms with Gasteiger partial charge in [0.05, 0.1) is 11.9 Å². The van der Waals surface area contributed by atoms with E-state index in [2.05, 4.69) is 14.9 Å². The molecule has 2 atom stereocenters. The minimum absolute atomic E-state index is 0.164. The van der Waals surface area contributed by atoms with E-state index in [1.165, 1.54) is 6.42 Å². The molecule has 2 aliphatic heterocycles. The number of hydrogen-bond donors (Lipinski definition) is 2. The molecule has 2 unspecified atom stereocenters. The van der Waals surface area contributed by atoms with E-state index in [0.29, 0.717) is 12.5 Å². The Morgan fingerprint density at radius 3 is 2.87 bits per heavy atom. The summed E-state index contributed by atoms with van der Waals surface area (Å²) in [6.07, 6.45) is 8.39. The first kappa shape index (κ1) is 15.1. The summed E-state index contributed by atoms with van der Waals surface area (Å²) in [5.74, 6) is 0.742. The number of carbonyl (C=O) groups excluding carboxylic acids is 1.